The van der Waals surface area contributed by atoms with E-state index in [-0.39, 0.29) is 6.10 Å². The van der Waals surface area contributed by atoms with Crippen molar-refractivity contribution in [1.82, 2.24) is 0 Å². The first kappa shape index (κ1) is 9.47. The van der Waals surface area contributed by atoms with Crippen molar-refractivity contribution in [3.8, 4) is 0 Å². The second kappa shape index (κ2) is 4.43. The number of ether oxygens (including phenoxy) is 1. The minimum Gasteiger partial charge on any atom is -0.393 e. The fourth-order valence-corrected chi connectivity index (χ4v) is 2.68. The highest BCUT2D eigenvalue weighted by molar-refractivity contribution is 4.76. The summed E-state index contributed by atoms with van der Waals surface area (Å²) in [5.74, 6) is 0.729. The minimum absolute atomic E-state index is 0.0276. The molecule has 76 valence electrons. The van der Waals surface area contributed by atoms with Gasteiger partial charge < -0.3 is 9.84 Å². The van der Waals surface area contributed by atoms with Crippen LogP contribution in [0.25, 0.3) is 0 Å². The van der Waals surface area contributed by atoms with E-state index in [0.29, 0.717) is 6.10 Å². The van der Waals surface area contributed by atoms with E-state index in [4.69, 9.17) is 4.74 Å². The van der Waals surface area contributed by atoms with Crippen LogP contribution in [0.3, 0.4) is 0 Å². The first-order chi connectivity index (χ1) is 6.34. The summed E-state index contributed by atoms with van der Waals surface area (Å²) in [5.41, 5.74) is 0. The zero-order valence-corrected chi connectivity index (χ0v) is 8.24. The van der Waals surface area contributed by atoms with Gasteiger partial charge in [0.2, 0.25) is 0 Å². The molecule has 1 aliphatic carbocycles. The molecule has 0 amide bonds. The van der Waals surface area contributed by atoms with Gasteiger partial charge in [0.25, 0.3) is 0 Å². The predicted molar refractivity (Wildman–Crippen MR) is 51.6 cm³/mol. The minimum atomic E-state index is -0.0276. The van der Waals surface area contributed by atoms with Gasteiger partial charge >= 0.3 is 0 Å². The molecule has 0 bridgehead atoms. The van der Waals surface area contributed by atoms with Gasteiger partial charge in [0.1, 0.15) is 0 Å². The summed E-state index contributed by atoms with van der Waals surface area (Å²) < 4.78 is 5.61. The molecule has 1 saturated carbocycles. The molecule has 2 fully saturated rings. The predicted octanol–water partition coefficient (Wildman–Crippen LogP) is 2.11. The summed E-state index contributed by atoms with van der Waals surface area (Å²) in [6, 6.07) is 0. The highest BCUT2D eigenvalue weighted by Gasteiger charge is 2.25. The third-order valence-corrected chi connectivity index (χ3v) is 3.38. The van der Waals surface area contributed by atoms with Crippen molar-refractivity contribution >= 4 is 0 Å². The SMILES string of the molecule is OC1CCCC(CC2CCCO2)C1. The van der Waals surface area contributed by atoms with E-state index < -0.39 is 0 Å². The molecular weight excluding hydrogens is 164 g/mol. The molecule has 0 radical (unpaired) electrons. The molecule has 0 aromatic rings. The lowest BCUT2D eigenvalue weighted by molar-refractivity contribution is 0.0537. The monoisotopic (exact) mass is 184 g/mol. The van der Waals surface area contributed by atoms with Crippen LogP contribution in [0.1, 0.15) is 44.9 Å². The Kier molecular flexibility index (Phi) is 3.23. The molecular formula is C11H20O2. The molecule has 1 aliphatic heterocycles. The Hall–Kier alpha value is -0.0800. The lowest BCUT2D eigenvalue weighted by Crippen LogP contribution is -2.23. The van der Waals surface area contributed by atoms with Gasteiger partial charge in [-0.2, -0.15) is 0 Å². The van der Waals surface area contributed by atoms with Crippen molar-refractivity contribution in [2.45, 2.75) is 57.2 Å². The summed E-state index contributed by atoms with van der Waals surface area (Å²) in [7, 11) is 0. The molecule has 1 N–H and O–H groups in total. The van der Waals surface area contributed by atoms with Gasteiger partial charge in [-0.25, -0.2) is 0 Å². The molecule has 0 spiro atoms. The third-order valence-electron chi connectivity index (χ3n) is 3.38. The molecule has 1 saturated heterocycles. The van der Waals surface area contributed by atoms with Crippen LogP contribution >= 0.6 is 0 Å². The molecule has 2 heteroatoms. The fourth-order valence-electron chi connectivity index (χ4n) is 2.68. The van der Waals surface area contributed by atoms with Gasteiger partial charge in [0.15, 0.2) is 0 Å². The van der Waals surface area contributed by atoms with Gasteiger partial charge in [-0.15, -0.1) is 0 Å². The molecule has 2 nitrogen and oxygen atoms in total. The van der Waals surface area contributed by atoms with Crippen molar-refractivity contribution < 1.29 is 9.84 Å². The van der Waals surface area contributed by atoms with E-state index in [1.165, 1.54) is 32.1 Å². The highest BCUT2D eigenvalue weighted by atomic mass is 16.5. The van der Waals surface area contributed by atoms with E-state index in [0.717, 1.165) is 25.4 Å². The number of hydrogen-bond acceptors (Lipinski definition) is 2. The number of rotatable bonds is 2. The topological polar surface area (TPSA) is 29.5 Å². The van der Waals surface area contributed by atoms with Gasteiger partial charge in [0.05, 0.1) is 12.2 Å². The van der Waals surface area contributed by atoms with Gasteiger partial charge in [-0.3, -0.25) is 0 Å². The van der Waals surface area contributed by atoms with E-state index in [1.807, 2.05) is 0 Å². The highest BCUT2D eigenvalue weighted by Crippen LogP contribution is 2.30. The summed E-state index contributed by atoms with van der Waals surface area (Å²) in [4.78, 5) is 0. The van der Waals surface area contributed by atoms with Crippen LogP contribution in [-0.2, 0) is 4.74 Å². The average molecular weight is 184 g/mol. The molecule has 0 aromatic heterocycles. The van der Waals surface area contributed by atoms with Crippen molar-refractivity contribution in [2.75, 3.05) is 6.61 Å². The quantitative estimate of drug-likeness (QED) is 0.712. The molecule has 0 aromatic carbocycles. The summed E-state index contributed by atoms with van der Waals surface area (Å²) in [6.45, 7) is 0.958. The number of aliphatic hydroxyl groups excluding tert-OH is 1. The Morgan fingerprint density at radius 3 is 2.77 bits per heavy atom. The van der Waals surface area contributed by atoms with Gasteiger partial charge in [0, 0.05) is 6.61 Å². The van der Waals surface area contributed by atoms with Gasteiger partial charge in [-0.05, 0) is 38.0 Å². The zero-order chi connectivity index (χ0) is 9.10. The van der Waals surface area contributed by atoms with Crippen molar-refractivity contribution in [3.63, 3.8) is 0 Å². The van der Waals surface area contributed by atoms with Crippen LogP contribution in [0.15, 0.2) is 0 Å². The van der Waals surface area contributed by atoms with E-state index in [9.17, 15) is 5.11 Å². The Balaban J connectivity index is 1.73. The summed E-state index contributed by atoms with van der Waals surface area (Å²) in [5, 5.41) is 9.51. The normalized spacial score (nSPS) is 40.8. The molecule has 13 heavy (non-hydrogen) atoms. The van der Waals surface area contributed by atoms with Crippen LogP contribution < -0.4 is 0 Å². The number of aliphatic hydroxyl groups is 1. The van der Waals surface area contributed by atoms with Crippen LogP contribution in [-0.4, -0.2) is 23.9 Å². The maximum absolute atomic E-state index is 9.51. The number of hydrogen-bond donors (Lipinski definition) is 1. The second-order valence-corrected chi connectivity index (χ2v) is 4.56. The Morgan fingerprint density at radius 2 is 2.08 bits per heavy atom. The van der Waals surface area contributed by atoms with E-state index in [1.54, 1.807) is 0 Å². The van der Waals surface area contributed by atoms with Crippen molar-refractivity contribution in [2.24, 2.45) is 5.92 Å². The molecule has 3 atom stereocenters. The van der Waals surface area contributed by atoms with Crippen molar-refractivity contribution in [3.05, 3.63) is 0 Å². The lowest BCUT2D eigenvalue weighted by Gasteiger charge is -2.27. The average Bonchev–Trinajstić information content (AvgIpc) is 2.57. The van der Waals surface area contributed by atoms with E-state index in [2.05, 4.69) is 0 Å². The summed E-state index contributed by atoms with van der Waals surface area (Å²) in [6.07, 6.45) is 8.69. The van der Waals surface area contributed by atoms with Crippen LogP contribution in [0.2, 0.25) is 0 Å². The second-order valence-electron chi connectivity index (χ2n) is 4.56. The molecule has 2 aliphatic rings. The van der Waals surface area contributed by atoms with Crippen LogP contribution in [0.5, 0.6) is 0 Å². The molecule has 3 unspecified atom stereocenters. The Morgan fingerprint density at radius 1 is 1.15 bits per heavy atom. The van der Waals surface area contributed by atoms with Crippen molar-refractivity contribution in [1.29, 1.82) is 0 Å². The lowest BCUT2D eigenvalue weighted by atomic mass is 9.83. The third kappa shape index (κ3) is 2.68. The fraction of sp³-hybridized carbons (Fsp3) is 1.00. The maximum Gasteiger partial charge on any atom is 0.0578 e. The summed E-state index contributed by atoms with van der Waals surface area (Å²) >= 11 is 0. The van der Waals surface area contributed by atoms with Gasteiger partial charge in [-0.1, -0.05) is 12.8 Å². The molecule has 1 heterocycles. The Bertz CT molecular complexity index is 152. The molecule has 2 rings (SSSR count). The standard InChI is InChI=1S/C11H20O2/c12-10-4-1-3-9(7-10)8-11-5-2-6-13-11/h9-12H,1-8H2. The zero-order valence-electron chi connectivity index (χ0n) is 8.24. The smallest absolute Gasteiger partial charge is 0.0578 e. The maximum atomic E-state index is 9.51. The van der Waals surface area contributed by atoms with Crippen LogP contribution in [0.4, 0.5) is 0 Å². The van der Waals surface area contributed by atoms with Crippen LogP contribution in [0, 0.1) is 5.92 Å². The first-order valence-electron chi connectivity index (χ1n) is 5.64. The first-order valence-corrected chi connectivity index (χ1v) is 5.64. The van der Waals surface area contributed by atoms with E-state index >= 15 is 0 Å². The Labute approximate surface area is 80.3 Å². The largest absolute Gasteiger partial charge is 0.393 e.